The quantitative estimate of drug-likeness (QED) is 0.201. The molecule has 0 saturated carbocycles. The molecule has 0 bridgehead atoms. The summed E-state index contributed by atoms with van der Waals surface area (Å²) >= 11 is 0. The van der Waals surface area contributed by atoms with Crippen molar-refractivity contribution in [1.82, 2.24) is 9.80 Å². The second-order valence-electron chi connectivity index (χ2n) is 10.8. The molecule has 2 heterocycles. The maximum atomic E-state index is 13.9. The number of nitro groups is 1. The molecule has 0 N–H and O–H groups in total. The fourth-order valence-corrected chi connectivity index (χ4v) is 5.62. The van der Waals surface area contributed by atoms with Crippen molar-refractivity contribution < 1.29 is 24.0 Å². The van der Waals surface area contributed by atoms with Gasteiger partial charge in [0.1, 0.15) is 12.0 Å². The number of carbonyl (C=O) groups excluding carboxylic acids is 3. The van der Waals surface area contributed by atoms with Crippen LogP contribution in [0.5, 0.6) is 0 Å². The van der Waals surface area contributed by atoms with Crippen molar-refractivity contribution in [1.29, 1.82) is 0 Å². The molecule has 5 rings (SSSR count). The second kappa shape index (κ2) is 13.0. The fourth-order valence-electron chi connectivity index (χ4n) is 5.62. The molecule has 3 aromatic rings. The van der Waals surface area contributed by atoms with Crippen LogP contribution in [0.3, 0.4) is 0 Å². The lowest BCUT2D eigenvalue weighted by atomic mass is 9.86. The molecule has 4 amide bonds. The van der Waals surface area contributed by atoms with Crippen LogP contribution >= 0.6 is 0 Å². The number of nitro benzene ring substituents is 1. The van der Waals surface area contributed by atoms with Crippen molar-refractivity contribution in [3.8, 4) is 0 Å². The first-order valence-electron chi connectivity index (χ1n) is 14.1. The van der Waals surface area contributed by atoms with Crippen molar-refractivity contribution in [3.05, 3.63) is 106 Å². The summed E-state index contributed by atoms with van der Waals surface area (Å²) in [6.45, 7) is 3.83. The van der Waals surface area contributed by atoms with Crippen LogP contribution in [0.15, 0.2) is 89.9 Å². The zero-order valence-corrected chi connectivity index (χ0v) is 24.0. The largest absolute Gasteiger partial charge is 0.462 e. The van der Waals surface area contributed by atoms with E-state index >= 15 is 0 Å². The number of anilines is 1. The van der Waals surface area contributed by atoms with Gasteiger partial charge in [-0.2, -0.15) is 0 Å². The number of amides is 4. The van der Waals surface area contributed by atoms with Crippen LogP contribution in [0.1, 0.15) is 36.9 Å². The SMILES string of the molecule is CC1=NC(=O)N(C(=O)N(C)c2ccccc2)C(c2cccc([N+](=O)[O-])c2)C1C(=O)OC1CCN(Cc2ccccc2)CC1. The molecule has 3 aromatic carbocycles. The van der Waals surface area contributed by atoms with Gasteiger partial charge in [0.2, 0.25) is 0 Å². The summed E-state index contributed by atoms with van der Waals surface area (Å²) in [5.41, 5.74) is 1.94. The van der Waals surface area contributed by atoms with E-state index in [-0.39, 0.29) is 23.1 Å². The van der Waals surface area contributed by atoms with E-state index < -0.39 is 34.9 Å². The molecule has 11 heteroatoms. The minimum Gasteiger partial charge on any atom is -0.462 e. The first-order valence-corrected chi connectivity index (χ1v) is 14.1. The van der Waals surface area contributed by atoms with Gasteiger partial charge in [0.15, 0.2) is 0 Å². The molecule has 0 spiro atoms. The Balaban J connectivity index is 1.41. The molecule has 43 heavy (non-hydrogen) atoms. The second-order valence-corrected chi connectivity index (χ2v) is 10.8. The Hall–Kier alpha value is -4.90. The number of nitrogens with zero attached hydrogens (tertiary/aromatic N) is 5. The van der Waals surface area contributed by atoms with Crippen LogP contribution in [0.25, 0.3) is 0 Å². The highest BCUT2D eigenvalue weighted by Gasteiger charge is 2.47. The lowest BCUT2D eigenvalue weighted by Crippen LogP contribution is -2.53. The lowest BCUT2D eigenvalue weighted by molar-refractivity contribution is -0.385. The molecule has 0 radical (unpaired) electrons. The number of carbonyl (C=O) groups is 3. The molecular weight excluding hydrogens is 550 g/mol. The van der Waals surface area contributed by atoms with E-state index in [1.54, 1.807) is 43.3 Å². The van der Waals surface area contributed by atoms with E-state index in [1.807, 2.05) is 18.2 Å². The number of imide groups is 1. The van der Waals surface area contributed by atoms with E-state index in [0.29, 0.717) is 18.5 Å². The van der Waals surface area contributed by atoms with Crippen molar-refractivity contribution in [2.75, 3.05) is 25.0 Å². The van der Waals surface area contributed by atoms with Gasteiger partial charge in [-0.3, -0.25) is 24.7 Å². The molecule has 2 aliphatic rings. The van der Waals surface area contributed by atoms with E-state index in [4.69, 9.17) is 4.74 Å². The average molecular weight is 584 g/mol. The molecule has 1 fully saturated rings. The van der Waals surface area contributed by atoms with Crippen LogP contribution < -0.4 is 4.90 Å². The summed E-state index contributed by atoms with van der Waals surface area (Å²) in [4.78, 5) is 60.6. The molecule has 2 atom stereocenters. The number of hydrogen-bond acceptors (Lipinski definition) is 7. The number of ether oxygens (including phenoxy) is 1. The number of piperidine rings is 1. The van der Waals surface area contributed by atoms with E-state index in [0.717, 1.165) is 24.5 Å². The number of benzene rings is 3. The predicted molar refractivity (Wildman–Crippen MR) is 161 cm³/mol. The molecule has 2 unspecified atom stereocenters. The smallest absolute Gasteiger partial charge is 0.352 e. The van der Waals surface area contributed by atoms with Crippen LogP contribution in [-0.4, -0.2) is 64.7 Å². The average Bonchev–Trinajstić information content (AvgIpc) is 3.02. The van der Waals surface area contributed by atoms with Crippen molar-refractivity contribution >= 4 is 35.1 Å². The normalized spacial score (nSPS) is 19.4. The lowest BCUT2D eigenvalue weighted by Gasteiger charge is -2.39. The van der Waals surface area contributed by atoms with Crippen molar-refractivity contribution in [2.24, 2.45) is 10.9 Å². The molecular formula is C32H33N5O6. The Morgan fingerprint density at radius 1 is 1.00 bits per heavy atom. The highest BCUT2D eigenvalue weighted by atomic mass is 16.6. The Kier molecular flexibility index (Phi) is 8.91. The Bertz CT molecular complexity index is 1520. The molecule has 0 aliphatic carbocycles. The minimum atomic E-state index is -1.20. The molecule has 1 saturated heterocycles. The maximum Gasteiger partial charge on any atom is 0.352 e. The molecule has 11 nitrogen and oxygen atoms in total. The number of esters is 1. The maximum absolute atomic E-state index is 13.9. The summed E-state index contributed by atoms with van der Waals surface area (Å²) in [5.74, 6) is -1.78. The summed E-state index contributed by atoms with van der Waals surface area (Å²) < 4.78 is 5.99. The number of likely N-dealkylation sites (tertiary alicyclic amines) is 1. The van der Waals surface area contributed by atoms with Gasteiger partial charge in [0.05, 0.1) is 11.0 Å². The van der Waals surface area contributed by atoms with E-state index in [2.05, 4.69) is 22.0 Å². The molecule has 0 aromatic heterocycles. The number of urea groups is 2. The summed E-state index contributed by atoms with van der Waals surface area (Å²) in [6, 6.07) is 21.7. The third kappa shape index (κ3) is 6.62. The fraction of sp³-hybridized carbons (Fsp3) is 0.312. The van der Waals surface area contributed by atoms with Gasteiger partial charge in [-0.05, 0) is 43.0 Å². The van der Waals surface area contributed by atoms with Crippen LogP contribution in [0, 0.1) is 16.0 Å². The third-order valence-electron chi connectivity index (χ3n) is 7.90. The first kappa shape index (κ1) is 29.6. The molecule has 2 aliphatic heterocycles. The monoisotopic (exact) mass is 583 g/mol. The van der Waals surface area contributed by atoms with Crippen LogP contribution in [0.4, 0.5) is 21.0 Å². The molecule has 222 valence electrons. The standard InChI is InChI=1S/C32H33N5O6/c1-22-28(30(38)43-27-16-18-35(19-17-27)21-23-10-5-3-6-11-23)29(24-12-9-15-26(20-24)37(41)42)36(31(39)33-22)32(40)34(2)25-13-7-4-8-14-25/h3-15,20,27-29H,16-19,21H2,1-2H3. The van der Waals surface area contributed by atoms with Gasteiger partial charge < -0.3 is 4.74 Å². The Morgan fingerprint density at radius 2 is 1.65 bits per heavy atom. The minimum absolute atomic E-state index is 0.180. The first-order chi connectivity index (χ1) is 20.7. The zero-order valence-electron chi connectivity index (χ0n) is 24.0. The van der Waals surface area contributed by atoms with E-state index in [1.165, 1.54) is 35.7 Å². The number of aliphatic imine (C=N–C) groups is 1. The zero-order chi connectivity index (χ0) is 30.5. The van der Waals surface area contributed by atoms with Gasteiger partial charge in [-0.15, -0.1) is 0 Å². The van der Waals surface area contributed by atoms with E-state index in [9.17, 15) is 24.5 Å². The highest BCUT2D eigenvalue weighted by Crippen LogP contribution is 2.38. The van der Waals surface area contributed by atoms with Gasteiger partial charge in [-0.1, -0.05) is 60.7 Å². The third-order valence-corrected chi connectivity index (χ3v) is 7.90. The highest BCUT2D eigenvalue weighted by molar-refractivity contribution is 6.13. The van der Waals surface area contributed by atoms with Crippen LogP contribution in [-0.2, 0) is 16.1 Å². The van der Waals surface area contributed by atoms with Crippen LogP contribution in [0.2, 0.25) is 0 Å². The van der Waals surface area contributed by atoms with Crippen molar-refractivity contribution in [2.45, 2.75) is 38.5 Å². The van der Waals surface area contributed by atoms with Gasteiger partial charge in [-0.25, -0.2) is 19.5 Å². The number of para-hydroxylation sites is 1. The predicted octanol–water partition coefficient (Wildman–Crippen LogP) is 5.61. The van der Waals surface area contributed by atoms with Crippen molar-refractivity contribution in [3.63, 3.8) is 0 Å². The number of non-ortho nitro benzene ring substituents is 1. The Morgan fingerprint density at radius 3 is 2.30 bits per heavy atom. The van der Waals surface area contributed by atoms with Gasteiger partial charge >= 0.3 is 18.0 Å². The summed E-state index contributed by atoms with van der Waals surface area (Å²) in [5, 5.41) is 11.6. The van der Waals surface area contributed by atoms with Gasteiger partial charge in [0.25, 0.3) is 5.69 Å². The Labute approximate surface area is 249 Å². The number of hydrogen-bond donors (Lipinski definition) is 0. The number of rotatable bonds is 7. The summed E-state index contributed by atoms with van der Waals surface area (Å²) in [7, 11) is 1.51. The topological polar surface area (TPSA) is 126 Å². The van der Waals surface area contributed by atoms with Gasteiger partial charge in [0, 0.05) is 50.2 Å². The summed E-state index contributed by atoms with van der Waals surface area (Å²) in [6.07, 6.45) is 0.898.